The van der Waals surface area contributed by atoms with Gasteiger partial charge in [0.2, 0.25) is 0 Å². The molecule has 2 aromatic rings. The molecule has 0 bridgehead atoms. The third-order valence-corrected chi connectivity index (χ3v) is 3.84. The molecule has 0 spiro atoms. The van der Waals surface area contributed by atoms with Crippen molar-refractivity contribution in [2.75, 3.05) is 33.4 Å². The second-order valence-corrected chi connectivity index (χ2v) is 5.18. The summed E-state index contributed by atoms with van der Waals surface area (Å²) in [6.07, 6.45) is 0. The number of morpholine rings is 1. The average molecular weight is 297 g/mol. The Morgan fingerprint density at radius 1 is 1.09 bits per heavy atom. The molecule has 0 aliphatic carbocycles. The molecule has 22 heavy (non-hydrogen) atoms. The summed E-state index contributed by atoms with van der Waals surface area (Å²) in [7, 11) is 1.63. The van der Waals surface area contributed by atoms with E-state index in [4.69, 9.17) is 9.47 Å². The second-order valence-electron chi connectivity index (χ2n) is 5.18. The van der Waals surface area contributed by atoms with E-state index >= 15 is 0 Å². The molecule has 0 saturated carbocycles. The van der Waals surface area contributed by atoms with Gasteiger partial charge >= 0.3 is 0 Å². The van der Waals surface area contributed by atoms with Crippen molar-refractivity contribution in [3.63, 3.8) is 0 Å². The van der Waals surface area contributed by atoms with Gasteiger partial charge in [-0.25, -0.2) is 0 Å². The molecule has 0 aromatic heterocycles. The van der Waals surface area contributed by atoms with Crippen LogP contribution in [-0.4, -0.2) is 44.2 Å². The lowest BCUT2D eigenvalue weighted by atomic mass is 9.98. The number of nitrogens with zero attached hydrogens (tertiary/aromatic N) is 1. The molecule has 3 rings (SSSR count). The third-order valence-electron chi connectivity index (χ3n) is 3.84. The Morgan fingerprint density at radius 2 is 1.82 bits per heavy atom. The largest absolute Gasteiger partial charge is 0.497 e. The molecular formula is C18H19NO3. The van der Waals surface area contributed by atoms with E-state index in [-0.39, 0.29) is 5.91 Å². The molecule has 1 saturated heterocycles. The summed E-state index contributed by atoms with van der Waals surface area (Å²) in [6, 6.07) is 15.5. The van der Waals surface area contributed by atoms with E-state index in [1.165, 1.54) is 0 Å². The van der Waals surface area contributed by atoms with Crippen LogP contribution < -0.4 is 4.74 Å². The lowest BCUT2D eigenvalue weighted by Gasteiger charge is -2.27. The number of hydrogen-bond donors (Lipinski definition) is 0. The van der Waals surface area contributed by atoms with Gasteiger partial charge in [-0.05, 0) is 29.3 Å². The van der Waals surface area contributed by atoms with Crippen LogP contribution in [0.4, 0.5) is 0 Å². The molecule has 1 aliphatic rings. The maximum absolute atomic E-state index is 12.8. The van der Waals surface area contributed by atoms with Crippen LogP contribution in [0.15, 0.2) is 48.5 Å². The van der Waals surface area contributed by atoms with Gasteiger partial charge in [-0.1, -0.05) is 30.3 Å². The highest BCUT2D eigenvalue weighted by Crippen LogP contribution is 2.29. The van der Waals surface area contributed by atoms with Crippen LogP contribution in [-0.2, 0) is 4.74 Å². The number of rotatable bonds is 3. The van der Waals surface area contributed by atoms with Crippen LogP contribution in [0.3, 0.4) is 0 Å². The van der Waals surface area contributed by atoms with Crippen molar-refractivity contribution < 1.29 is 14.3 Å². The minimum atomic E-state index is 0.0461. The summed E-state index contributed by atoms with van der Waals surface area (Å²) in [6.45, 7) is 2.48. The predicted octanol–water partition coefficient (Wildman–Crippen LogP) is 2.83. The van der Waals surface area contributed by atoms with Gasteiger partial charge in [0.1, 0.15) is 5.75 Å². The minimum Gasteiger partial charge on any atom is -0.497 e. The Kier molecular flexibility index (Phi) is 4.39. The Balaban J connectivity index is 2.01. The quantitative estimate of drug-likeness (QED) is 0.874. The fraction of sp³-hybridized carbons (Fsp3) is 0.278. The molecular weight excluding hydrogens is 278 g/mol. The van der Waals surface area contributed by atoms with Gasteiger partial charge in [0.05, 0.1) is 20.3 Å². The highest BCUT2D eigenvalue weighted by molar-refractivity contribution is 6.01. The molecule has 4 nitrogen and oxygen atoms in total. The van der Waals surface area contributed by atoms with Crippen LogP contribution in [0.2, 0.25) is 0 Å². The fourth-order valence-electron chi connectivity index (χ4n) is 2.63. The van der Waals surface area contributed by atoms with Gasteiger partial charge in [-0.2, -0.15) is 0 Å². The lowest BCUT2D eigenvalue weighted by molar-refractivity contribution is 0.0303. The highest BCUT2D eigenvalue weighted by atomic mass is 16.5. The Hall–Kier alpha value is -2.33. The standard InChI is InChI=1S/C18H19NO3/c1-21-15-7-8-16(18(20)19-9-11-22-12-10-19)17(13-15)14-5-3-2-4-6-14/h2-8,13H,9-12H2,1H3. The van der Waals surface area contributed by atoms with Crippen molar-refractivity contribution >= 4 is 5.91 Å². The molecule has 1 fully saturated rings. The summed E-state index contributed by atoms with van der Waals surface area (Å²) < 4.78 is 10.6. The zero-order valence-electron chi connectivity index (χ0n) is 12.6. The third kappa shape index (κ3) is 2.97. The summed E-state index contributed by atoms with van der Waals surface area (Å²) in [5.74, 6) is 0.794. The van der Waals surface area contributed by atoms with Crippen molar-refractivity contribution in [3.05, 3.63) is 54.1 Å². The molecule has 0 unspecified atom stereocenters. The number of methoxy groups -OCH3 is 1. The first-order valence-electron chi connectivity index (χ1n) is 7.40. The van der Waals surface area contributed by atoms with E-state index in [1.54, 1.807) is 7.11 Å². The van der Waals surface area contributed by atoms with Crippen LogP contribution in [0, 0.1) is 0 Å². The first-order valence-corrected chi connectivity index (χ1v) is 7.40. The normalized spacial score (nSPS) is 14.7. The van der Waals surface area contributed by atoms with Crippen molar-refractivity contribution in [1.29, 1.82) is 0 Å². The minimum absolute atomic E-state index is 0.0461. The van der Waals surface area contributed by atoms with Crippen molar-refractivity contribution in [2.24, 2.45) is 0 Å². The zero-order chi connectivity index (χ0) is 15.4. The molecule has 1 amide bonds. The Labute approximate surface area is 130 Å². The van der Waals surface area contributed by atoms with Crippen LogP contribution >= 0.6 is 0 Å². The van der Waals surface area contributed by atoms with E-state index in [0.29, 0.717) is 31.9 Å². The van der Waals surface area contributed by atoms with Gasteiger partial charge in [0.15, 0.2) is 0 Å². The Morgan fingerprint density at radius 3 is 2.50 bits per heavy atom. The van der Waals surface area contributed by atoms with Crippen LogP contribution in [0.25, 0.3) is 11.1 Å². The molecule has 2 aromatic carbocycles. The van der Waals surface area contributed by atoms with Gasteiger partial charge < -0.3 is 14.4 Å². The maximum atomic E-state index is 12.8. The van der Waals surface area contributed by atoms with E-state index in [2.05, 4.69) is 0 Å². The fourth-order valence-corrected chi connectivity index (χ4v) is 2.63. The molecule has 0 radical (unpaired) electrons. The zero-order valence-corrected chi connectivity index (χ0v) is 12.6. The highest BCUT2D eigenvalue weighted by Gasteiger charge is 2.21. The van der Waals surface area contributed by atoms with Gasteiger partial charge in [-0.15, -0.1) is 0 Å². The predicted molar refractivity (Wildman–Crippen MR) is 85.2 cm³/mol. The smallest absolute Gasteiger partial charge is 0.254 e. The summed E-state index contributed by atoms with van der Waals surface area (Å²) in [5, 5.41) is 0. The second kappa shape index (κ2) is 6.62. The summed E-state index contributed by atoms with van der Waals surface area (Å²) in [4.78, 5) is 14.7. The Bertz CT molecular complexity index is 649. The first kappa shape index (κ1) is 14.6. The van der Waals surface area contributed by atoms with Gasteiger partial charge in [-0.3, -0.25) is 4.79 Å². The first-order chi connectivity index (χ1) is 10.8. The molecule has 1 aliphatic heterocycles. The van der Waals surface area contributed by atoms with Crippen molar-refractivity contribution in [2.45, 2.75) is 0 Å². The average Bonchev–Trinajstić information content (AvgIpc) is 2.62. The van der Waals surface area contributed by atoms with E-state index in [0.717, 1.165) is 16.9 Å². The summed E-state index contributed by atoms with van der Waals surface area (Å²) >= 11 is 0. The number of amides is 1. The maximum Gasteiger partial charge on any atom is 0.254 e. The molecule has 114 valence electrons. The number of carbonyl (C=O) groups excluding carboxylic acids is 1. The summed E-state index contributed by atoms with van der Waals surface area (Å²) in [5.41, 5.74) is 2.61. The van der Waals surface area contributed by atoms with Crippen molar-refractivity contribution in [1.82, 2.24) is 4.90 Å². The van der Waals surface area contributed by atoms with Crippen molar-refractivity contribution in [3.8, 4) is 16.9 Å². The van der Waals surface area contributed by atoms with Gasteiger partial charge in [0.25, 0.3) is 5.91 Å². The number of ether oxygens (including phenoxy) is 2. The van der Waals surface area contributed by atoms with Crippen LogP contribution in [0.5, 0.6) is 5.75 Å². The SMILES string of the molecule is COc1ccc(C(=O)N2CCOCC2)c(-c2ccccc2)c1. The van der Waals surface area contributed by atoms with E-state index < -0.39 is 0 Å². The van der Waals surface area contributed by atoms with E-state index in [9.17, 15) is 4.79 Å². The number of hydrogen-bond acceptors (Lipinski definition) is 3. The lowest BCUT2D eigenvalue weighted by Crippen LogP contribution is -2.40. The van der Waals surface area contributed by atoms with Crippen LogP contribution in [0.1, 0.15) is 10.4 Å². The van der Waals surface area contributed by atoms with Gasteiger partial charge in [0, 0.05) is 18.7 Å². The number of carbonyl (C=O) groups is 1. The topological polar surface area (TPSA) is 38.8 Å². The molecule has 1 heterocycles. The molecule has 4 heteroatoms. The monoisotopic (exact) mass is 297 g/mol. The van der Waals surface area contributed by atoms with E-state index in [1.807, 2.05) is 53.4 Å². The molecule has 0 N–H and O–H groups in total. The number of benzene rings is 2. The molecule has 0 atom stereocenters.